The highest BCUT2D eigenvalue weighted by Gasteiger charge is 2.14. The smallest absolute Gasteiger partial charge is 0.0830 e. The second kappa shape index (κ2) is 7.30. The highest BCUT2D eigenvalue weighted by Crippen LogP contribution is 2.08. The molecule has 3 nitrogen and oxygen atoms in total. The Hall–Kier alpha value is -0.120. The molecule has 1 aliphatic rings. The first kappa shape index (κ1) is 11.0. The van der Waals surface area contributed by atoms with E-state index in [0.29, 0.717) is 6.10 Å². The van der Waals surface area contributed by atoms with Crippen LogP contribution in [0.2, 0.25) is 0 Å². The molecule has 1 heterocycles. The van der Waals surface area contributed by atoms with E-state index in [0.717, 1.165) is 45.8 Å². The van der Waals surface area contributed by atoms with E-state index in [1.54, 1.807) is 0 Å². The van der Waals surface area contributed by atoms with Crippen molar-refractivity contribution in [3.05, 3.63) is 0 Å². The first-order valence-corrected chi connectivity index (χ1v) is 5.33. The summed E-state index contributed by atoms with van der Waals surface area (Å²) in [6.07, 6.45) is 3.82. The largest absolute Gasteiger partial charge is 0.379 e. The third-order valence-corrected chi connectivity index (χ3v) is 2.24. The van der Waals surface area contributed by atoms with Crippen molar-refractivity contribution >= 4 is 0 Å². The molecule has 0 aromatic rings. The third kappa shape index (κ3) is 5.24. The maximum atomic E-state index is 5.63. The minimum atomic E-state index is 0.374. The molecular weight excluding hydrogens is 166 g/mol. The maximum absolute atomic E-state index is 5.63. The number of hydrogen-bond donors (Lipinski definition) is 1. The molecule has 1 saturated heterocycles. The van der Waals surface area contributed by atoms with Crippen molar-refractivity contribution in [2.24, 2.45) is 0 Å². The lowest BCUT2D eigenvalue weighted by atomic mass is 10.3. The van der Waals surface area contributed by atoms with Crippen molar-refractivity contribution in [3.63, 3.8) is 0 Å². The van der Waals surface area contributed by atoms with Gasteiger partial charge < -0.3 is 14.8 Å². The SMILES string of the molecule is CCNCCCCOC1CCOC1. The van der Waals surface area contributed by atoms with E-state index in [-0.39, 0.29) is 0 Å². The maximum Gasteiger partial charge on any atom is 0.0830 e. The average molecular weight is 187 g/mol. The van der Waals surface area contributed by atoms with E-state index >= 15 is 0 Å². The number of hydrogen-bond acceptors (Lipinski definition) is 3. The standard InChI is InChI=1S/C10H21NO2/c1-2-11-6-3-4-7-13-10-5-8-12-9-10/h10-11H,2-9H2,1H3. The summed E-state index contributed by atoms with van der Waals surface area (Å²) in [5.74, 6) is 0. The molecule has 78 valence electrons. The fourth-order valence-electron chi connectivity index (χ4n) is 1.42. The van der Waals surface area contributed by atoms with Gasteiger partial charge in [0.1, 0.15) is 0 Å². The predicted molar refractivity (Wildman–Crippen MR) is 53.0 cm³/mol. The Balaban J connectivity index is 1.78. The molecule has 0 aromatic carbocycles. The van der Waals surface area contributed by atoms with Crippen LogP contribution < -0.4 is 5.32 Å². The number of rotatable bonds is 7. The van der Waals surface area contributed by atoms with Crippen molar-refractivity contribution in [3.8, 4) is 0 Å². The summed E-state index contributed by atoms with van der Waals surface area (Å²) in [6, 6.07) is 0. The van der Waals surface area contributed by atoms with Crippen molar-refractivity contribution in [1.82, 2.24) is 5.32 Å². The van der Waals surface area contributed by atoms with Gasteiger partial charge >= 0.3 is 0 Å². The van der Waals surface area contributed by atoms with E-state index in [9.17, 15) is 0 Å². The minimum Gasteiger partial charge on any atom is -0.379 e. The molecule has 0 aromatic heterocycles. The Morgan fingerprint density at radius 3 is 3.08 bits per heavy atom. The van der Waals surface area contributed by atoms with E-state index < -0.39 is 0 Å². The highest BCUT2D eigenvalue weighted by molar-refractivity contribution is 4.62. The zero-order chi connectivity index (χ0) is 9.36. The van der Waals surface area contributed by atoms with Crippen LogP contribution >= 0.6 is 0 Å². The molecule has 0 saturated carbocycles. The van der Waals surface area contributed by atoms with Crippen molar-refractivity contribution < 1.29 is 9.47 Å². The number of nitrogens with one attached hydrogen (secondary N) is 1. The zero-order valence-corrected chi connectivity index (χ0v) is 8.55. The second-order valence-corrected chi connectivity index (χ2v) is 3.42. The average Bonchev–Trinajstić information content (AvgIpc) is 2.63. The monoisotopic (exact) mass is 187 g/mol. The molecule has 1 fully saturated rings. The van der Waals surface area contributed by atoms with Crippen LogP contribution in [-0.2, 0) is 9.47 Å². The van der Waals surface area contributed by atoms with Crippen LogP contribution in [0.25, 0.3) is 0 Å². The Morgan fingerprint density at radius 2 is 2.38 bits per heavy atom. The summed E-state index contributed by atoms with van der Waals surface area (Å²) in [5.41, 5.74) is 0. The van der Waals surface area contributed by atoms with Gasteiger partial charge in [0, 0.05) is 13.2 Å². The molecule has 0 spiro atoms. The van der Waals surface area contributed by atoms with Gasteiger partial charge in [-0.15, -0.1) is 0 Å². The normalized spacial score (nSPS) is 22.4. The van der Waals surface area contributed by atoms with Crippen molar-refractivity contribution in [1.29, 1.82) is 0 Å². The molecule has 1 unspecified atom stereocenters. The molecule has 1 aliphatic heterocycles. The number of ether oxygens (including phenoxy) is 2. The van der Waals surface area contributed by atoms with Crippen LogP contribution in [0, 0.1) is 0 Å². The van der Waals surface area contributed by atoms with Crippen molar-refractivity contribution in [2.45, 2.75) is 32.3 Å². The minimum absolute atomic E-state index is 0.374. The molecule has 1 rings (SSSR count). The van der Waals surface area contributed by atoms with Crippen LogP contribution in [-0.4, -0.2) is 39.0 Å². The molecule has 0 amide bonds. The van der Waals surface area contributed by atoms with Gasteiger partial charge in [0.05, 0.1) is 12.7 Å². The topological polar surface area (TPSA) is 30.5 Å². The van der Waals surface area contributed by atoms with Gasteiger partial charge in [-0.25, -0.2) is 0 Å². The quantitative estimate of drug-likeness (QED) is 0.607. The second-order valence-electron chi connectivity index (χ2n) is 3.42. The highest BCUT2D eigenvalue weighted by atomic mass is 16.5. The first-order valence-electron chi connectivity index (χ1n) is 5.33. The summed E-state index contributed by atoms with van der Waals surface area (Å²) >= 11 is 0. The molecule has 3 heteroatoms. The van der Waals surface area contributed by atoms with Crippen LogP contribution in [0.3, 0.4) is 0 Å². The van der Waals surface area contributed by atoms with Crippen LogP contribution in [0.4, 0.5) is 0 Å². The first-order chi connectivity index (χ1) is 6.43. The van der Waals surface area contributed by atoms with Gasteiger partial charge in [-0.2, -0.15) is 0 Å². The van der Waals surface area contributed by atoms with Gasteiger partial charge in [-0.1, -0.05) is 6.92 Å². The Morgan fingerprint density at radius 1 is 1.46 bits per heavy atom. The van der Waals surface area contributed by atoms with E-state index in [1.165, 1.54) is 6.42 Å². The molecule has 0 bridgehead atoms. The van der Waals surface area contributed by atoms with Crippen LogP contribution in [0.1, 0.15) is 26.2 Å². The summed E-state index contributed by atoms with van der Waals surface area (Å²) in [4.78, 5) is 0. The lowest BCUT2D eigenvalue weighted by Crippen LogP contribution is -2.16. The Bertz CT molecular complexity index is 113. The fourth-order valence-corrected chi connectivity index (χ4v) is 1.42. The van der Waals surface area contributed by atoms with Gasteiger partial charge in [-0.3, -0.25) is 0 Å². The number of unbranched alkanes of at least 4 members (excludes halogenated alkanes) is 1. The van der Waals surface area contributed by atoms with E-state index in [1.807, 2.05) is 0 Å². The molecule has 1 N–H and O–H groups in total. The van der Waals surface area contributed by atoms with E-state index in [2.05, 4.69) is 12.2 Å². The van der Waals surface area contributed by atoms with Gasteiger partial charge in [-0.05, 0) is 32.4 Å². The molecule has 0 aliphatic carbocycles. The van der Waals surface area contributed by atoms with Crippen LogP contribution in [0.15, 0.2) is 0 Å². The molecule has 0 radical (unpaired) electrons. The lowest BCUT2D eigenvalue weighted by molar-refractivity contribution is 0.0408. The summed E-state index contributed by atoms with van der Waals surface area (Å²) in [7, 11) is 0. The predicted octanol–water partition coefficient (Wildman–Crippen LogP) is 1.18. The lowest BCUT2D eigenvalue weighted by Gasteiger charge is -2.09. The van der Waals surface area contributed by atoms with E-state index in [4.69, 9.17) is 9.47 Å². The summed E-state index contributed by atoms with van der Waals surface area (Å²) in [6.45, 7) is 6.87. The fraction of sp³-hybridized carbons (Fsp3) is 1.00. The van der Waals surface area contributed by atoms with Crippen LogP contribution in [0.5, 0.6) is 0 Å². The molecule has 13 heavy (non-hydrogen) atoms. The molecular formula is C10H21NO2. The van der Waals surface area contributed by atoms with Gasteiger partial charge in [0.15, 0.2) is 0 Å². The summed E-state index contributed by atoms with van der Waals surface area (Å²) < 4.78 is 10.8. The zero-order valence-electron chi connectivity index (χ0n) is 8.55. The Labute approximate surface area is 80.8 Å². The van der Waals surface area contributed by atoms with Crippen molar-refractivity contribution in [2.75, 3.05) is 32.9 Å². The molecule has 1 atom stereocenters. The Kier molecular flexibility index (Phi) is 6.15. The van der Waals surface area contributed by atoms with Gasteiger partial charge in [0.25, 0.3) is 0 Å². The third-order valence-electron chi connectivity index (χ3n) is 2.24. The van der Waals surface area contributed by atoms with Gasteiger partial charge in [0.2, 0.25) is 0 Å². The summed E-state index contributed by atoms with van der Waals surface area (Å²) in [5, 5.41) is 3.30.